The second-order valence-electron chi connectivity index (χ2n) is 4.52. The van der Waals surface area contributed by atoms with Crippen LogP contribution in [-0.2, 0) is 0 Å². The van der Waals surface area contributed by atoms with E-state index in [4.69, 9.17) is 11.6 Å². The molecule has 0 radical (unpaired) electrons. The second kappa shape index (κ2) is 6.73. The Bertz CT molecular complexity index is 568. The van der Waals surface area contributed by atoms with Crippen LogP contribution in [-0.4, -0.2) is 6.54 Å². The van der Waals surface area contributed by atoms with Gasteiger partial charge in [0.15, 0.2) is 0 Å². The molecule has 1 N–H and O–H groups in total. The van der Waals surface area contributed by atoms with Crippen LogP contribution in [0.25, 0.3) is 0 Å². The molecule has 1 atom stereocenters. The summed E-state index contributed by atoms with van der Waals surface area (Å²) in [5.41, 5.74) is 3.62. The molecule has 19 heavy (non-hydrogen) atoms. The molecule has 0 saturated carbocycles. The largest absolute Gasteiger partial charge is 0.306 e. The Hall–Kier alpha value is -0.580. The highest BCUT2D eigenvalue weighted by Crippen LogP contribution is 2.28. The van der Waals surface area contributed by atoms with Crippen molar-refractivity contribution >= 4 is 34.2 Å². The molecule has 2 aromatic carbocycles. The average molecular weight is 386 g/mol. The molecule has 0 aromatic heterocycles. The highest BCUT2D eigenvalue weighted by Gasteiger charge is 2.16. The first-order valence-corrected chi connectivity index (χ1v) is 7.83. The fourth-order valence-corrected chi connectivity index (χ4v) is 3.00. The zero-order valence-electron chi connectivity index (χ0n) is 11.1. The lowest BCUT2D eigenvalue weighted by Gasteiger charge is -2.21. The van der Waals surface area contributed by atoms with Crippen molar-refractivity contribution in [3.63, 3.8) is 0 Å². The Morgan fingerprint density at radius 2 is 1.95 bits per heavy atom. The van der Waals surface area contributed by atoms with E-state index in [1.165, 1.54) is 14.7 Å². The predicted molar refractivity (Wildman–Crippen MR) is 90.9 cm³/mol. The minimum absolute atomic E-state index is 0.191. The van der Waals surface area contributed by atoms with Crippen molar-refractivity contribution in [1.82, 2.24) is 5.32 Å². The average Bonchev–Trinajstić information content (AvgIpc) is 2.40. The van der Waals surface area contributed by atoms with E-state index in [1.54, 1.807) is 0 Å². The van der Waals surface area contributed by atoms with Crippen LogP contribution in [0.3, 0.4) is 0 Å². The number of benzene rings is 2. The van der Waals surface area contributed by atoms with Gasteiger partial charge in [-0.25, -0.2) is 0 Å². The van der Waals surface area contributed by atoms with E-state index in [2.05, 4.69) is 77.3 Å². The lowest BCUT2D eigenvalue weighted by atomic mass is 9.98. The summed E-state index contributed by atoms with van der Waals surface area (Å²) in [6, 6.07) is 14.9. The van der Waals surface area contributed by atoms with Crippen molar-refractivity contribution in [3.8, 4) is 0 Å². The zero-order chi connectivity index (χ0) is 13.8. The van der Waals surface area contributed by atoms with Gasteiger partial charge in [0, 0.05) is 8.59 Å². The van der Waals surface area contributed by atoms with Crippen molar-refractivity contribution in [2.24, 2.45) is 0 Å². The molecule has 1 nitrogen and oxygen atoms in total. The SMILES string of the molecule is CCNC(c1ccc(C)c(Cl)c1)c1ccccc1I. The topological polar surface area (TPSA) is 12.0 Å². The van der Waals surface area contributed by atoms with E-state index in [1.807, 2.05) is 6.92 Å². The fourth-order valence-electron chi connectivity index (χ4n) is 2.11. The molecule has 0 saturated heterocycles. The van der Waals surface area contributed by atoms with Crippen LogP contribution in [0.1, 0.15) is 29.7 Å². The van der Waals surface area contributed by atoms with Crippen LogP contribution in [0.15, 0.2) is 42.5 Å². The Balaban J connectivity index is 2.45. The van der Waals surface area contributed by atoms with Crippen molar-refractivity contribution in [2.45, 2.75) is 19.9 Å². The van der Waals surface area contributed by atoms with Crippen LogP contribution in [0.5, 0.6) is 0 Å². The Kier molecular flexibility index (Phi) is 5.25. The molecule has 2 aromatic rings. The van der Waals surface area contributed by atoms with Gasteiger partial charge >= 0.3 is 0 Å². The lowest BCUT2D eigenvalue weighted by molar-refractivity contribution is 0.628. The first-order valence-electron chi connectivity index (χ1n) is 6.37. The number of hydrogen-bond acceptors (Lipinski definition) is 1. The summed E-state index contributed by atoms with van der Waals surface area (Å²) in [6.45, 7) is 5.07. The molecule has 2 rings (SSSR count). The third-order valence-electron chi connectivity index (χ3n) is 3.15. The van der Waals surface area contributed by atoms with Gasteiger partial charge < -0.3 is 5.32 Å². The Labute approximate surface area is 133 Å². The molecular formula is C16H17ClIN. The van der Waals surface area contributed by atoms with E-state index >= 15 is 0 Å². The monoisotopic (exact) mass is 385 g/mol. The lowest BCUT2D eigenvalue weighted by Crippen LogP contribution is -2.22. The quantitative estimate of drug-likeness (QED) is 0.734. The van der Waals surface area contributed by atoms with Gasteiger partial charge in [-0.1, -0.05) is 48.9 Å². The maximum atomic E-state index is 6.26. The normalized spacial score (nSPS) is 12.4. The third-order valence-corrected chi connectivity index (χ3v) is 4.54. The first-order chi connectivity index (χ1) is 9.13. The summed E-state index contributed by atoms with van der Waals surface area (Å²) < 4.78 is 1.27. The summed E-state index contributed by atoms with van der Waals surface area (Å²) in [5.74, 6) is 0. The van der Waals surface area contributed by atoms with E-state index < -0.39 is 0 Å². The molecule has 0 aliphatic rings. The Morgan fingerprint density at radius 3 is 2.58 bits per heavy atom. The zero-order valence-corrected chi connectivity index (χ0v) is 14.0. The van der Waals surface area contributed by atoms with Crippen molar-refractivity contribution in [3.05, 3.63) is 67.7 Å². The molecule has 0 bridgehead atoms. The highest BCUT2D eigenvalue weighted by atomic mass is 127. The van der Waals surface area contributed by atoms with Gasteiger partial charge in [-0.2, -0.15) is 0 Å². The molecule has 0 heterocycles. The van der Waals surface area contributed by atoms with E-state index in [-0.39, 0.29) is 6.04 Å². The molecule has 0 amide bonds. The maximum Gasteiger partial charge on any atom is 0.0587 e. The van der Waals surface area contributed by atoms with E-state index in [0.29, 0.717) is 0 Å². The summed E-state index contributed by atoms with van der Waals surface area (Å²) in [5, 5.41) is 4.36. The maximum absolute atomic E-state index is 6.26. The standard InChI is InChI=1S/C16H17ClIN/c1-3-19-16(13-6-4-5-7-15(13)18)12-9-8-11(2)14(17)10-12/h4-10,16,19H,3H2,1-2H3. The van der Waals surface area contributed by atoms with Crippen molar-refractivity contribution in [2.75, 3.05) is 6.54 Å². The molecule has 0 fully saturated rings. The summed E-state index contributed by atoms with van der Waals surface area (Å²) in [7, 11) is 0. The Morgan fingerprint density at radius 1 is 1.21 bits per heavy atom. The van der Waals surface area contributed by atoms with Crippen molar-refractivity contribution < 1.29 is 0 Å². The van der Waals surface area contributed by atoms with Crippen LogP contribution < -0.4 is 5.32 Å². The van der Waals surface area contributed by atoms with Gasteiger partial charge in [0.1, 0.15) is 0 Å². The van der Waals surface area contributed by atoms with Crippen LogP contribution >= 0.6 is 34.2 Å². The number of nitrogens with one attached hydrogen (secondary N) is 1. The van der Waals surface area contributed by atoms with Gasteiger partial charge in [-0.15, -0.1) is 0 Å². The number of aryl methyl sites for hydroxylation is 1. The van der Waals surface area contributed by atoms with Gasteiger partial charge in [0.05, 0.1) is 6.04 Å². The summed E-state index contributed by atoms with van der Waals surface area (Å²) in [4.78, 5) is 0. The van der Waals surface area contributed by atoms with E-state index in [9.17, 15) is 0 Å². The number of rotatable bonds is 4. The molecule has 3 heteroatoms. The highest BCUT2D eigenvalue weighted by molar-refractivity contribution is 14.1. The molecule has 0 aliphatic heterocycles. The summed E-state index contributed by atoms with van der Waals surface area (Å²) in [6.07, 6.45) is 0. The molecular weight excluding hydrogens is 369 g/mol. The second-order valence-corrected chi connectivity index (χ2v) is 6.09. The minimum atomic E-state index is 0.191. The van der Waals surface area contributed by atoms with Gasteiger partial charge in [0.25, 0.3) is 0 Å². The fraction of sp³-hybridized carbons (Fsp3) is 0.250. The van der Waals surface area contributed by atoms with Gasteiger partial charge in [-0.3, -0.25) is 0 Å². The number of hydrogen-bond donors (Lipinski definition) is 1. The third kappa shape index (κ3) is 3.50. The van der Waals surface area contributed by atoms with Crippen LogP contribution in [0.4, 0.5) is 0 Å². The molecule has 0 spiro atoms. The van der Waals surface area contributed by atoms with E-state index in [0.717, 1.165) is 17.1 Å². The van der Waals surface area contributed by atoms with Crippen molar-refractivity contribution in [1.29, 1.82) is 0 Å². The molecule has 100 valence electrons. The van der Waals surface area contributed by atoms with Gasteiger partial charge in [0.2, 0.25) is 0 Å². The number of halogens is 2. The van der Waals surface area contributed by atoms with Crippen LogP contribution in [0.2, 0.25) is 5.02 Å². The first kappa shape index (κ1) is 14.8. The van der Waals surface area contributed by atoms with Gasteiger partial charge in [-0.05, 0) is 64.9 Å². The molecule has 0 aliphatic carbocycles. The summed E-state index contributed by atoms with van der Waals surface area (Å²) >= 11 is 8.64. The minimum Gasteiger partial charge on any atom is -0.306 e. The smallest absolute Gasteiger partial charge is 0.0587 e. The molecule has 1 unspecified atom stereocenters. The van der Waals surface area contributed by atoms with Crippen LogP contribution in [0, 0.1) is 10.5 Å². The predicted octanol–water partition coefficient (Wildman–Crippen LogP) is 4.95.